The SMILES string of the molecule is NCCCNC(=O)CCOCC(COCCC(=O)NCCCN)(COCCC(=O)NCCCN)NC(=O)CCCCCCCCCCC(=O)N1C[C@H](O)C[C@H]1CO. The van der Waals surface area contributed by atoms with Gasteiger partial charge in [0.2, 0.25) is 29.5 Å². The average Bonchev–Trinajstić information content (AvgIpc) is 3.58. The maximum Gasteiger partial charge on any atom is 0.222 e. The lowest BCUT2D eigenvalue weighted by molar-refractivity contribution is -0.133. The molecule has 0 saturated carbocycles. The van der Waals surface area contributed by atoms with Crippen molar-refractivity contribution in [2.75, 3.05) is 92.1 Å². The number of likely N-dealkylation sites (tertiary alicyclic amines) is 1. The Morgan fingerprint density at radius 1 is 0.579 bits per heavy atom. The summed E-state index contributed by atoms with van der Waals surface area (Å²) in [5.74, 6) is -0.779. The Kier molecular flexibility index (Phi) is 31.0. The first-order chi connectivity index (χ1) is 27.6. The van der Waals surface area contributed by atoms with E-state index in [2.05, 4.69) is 21.3 Å². The third-order valence-corrected chi connectivity index (χ3v) is 9.54. The molecule has 1 rings (SSSR count). The molecule has 0 bridgehead atoms. The summed E-state index contributed by atoms with van der Waals surface area (Å²) in [4.78, 5) is 64.2. The van der Waals surface area contributed by atoms with Gasteiger partial charge in [-0.25, -0.2) is 0 Å². The predicted octanol–water partition coefficient (Wildman–Crippen LogP) is -0.688. The zero-order valence-electron chi connectivity index (χ0n) is 34.4. The molecule has 0 aromatic carbocycles. The molecule has 1 fully saturated rings. The monoisotopic (exact) mass is 817 g/mol. The first-order valence-electron chi connectivity index (χ1n) is 21.1. The van der Waals surface area contributed by atoms with Gasteiger partial charge in [0.15, 0.2) is 0 Å². The summed E-state index contributed by atoms with van der Waals surface area (Å²) in [6, 6.07) is -0.287. The predicted molar refractivity (Wildman–Crippen MR) is 217 cm³/mol. The summed E-state index contributed by atoms with van der Waals surface area (Å²) in [5, 5.41) is 30.7. The van der Waals surface area contributed by atoms with Gasteiger partial charge in [-0.2, -0.15) is 0 Å². The van der Waals surface area contributed by atoms with E-state index in [1.807, 2.05) is 0 Å². The fourth-order valence-electron chi connectivity index (χ4n) is 6.28. The largest absolute Gasteiger partial charge is 0.394 e. The van der Waals surface area contributed by atoms with Gasteiger partial charge in [-0.05, 0) is 58.2 Å². The van der Waals surface area contributed by atoms with Crippen LogP contribution in [0, 0.1) is 0 Å². The number of aliphatic hydroxyl groups excluding tert-OH is 2. The van der Waals surface area contributed by atoms with Crippen LogP contribution in [0.1, 0.15) is 109 Å². The van der Waals surface area contributed by atoms with Crippen LogP contribution in [-0.2, 0) is 38.2 Å². The number of aliphatic hydroxyl groups is 2. The van der Waals surface area contributed by atoms with E-state index in [4.69, 9.17) is 31.4 Å². The van der Waals surface area contributed by atoms with Crippen LogP contribution in [0.5, 0.6) is 0 Å². The maximum atomic E-state index is 13.4. The molecule has 0 aromatic heterocycles. The number of nitrogens with one attached hydrogen (secondary N) is 4. The van der Waals surface area contributed by atoms with E-state index < -0.39 is 11.6 Å². The molecule has 12 N–H and O–H groups in total. The Balaban J connectivity index is 2.68. The second kappa shape index (κ2) is 33.9. The van der Waals surface area contributed by atoms with Gasteiger partial charge in [-0.3, -0.25) is 24.0 Å². The standard InChI is InChI=1S/C39H76N8O10/c40-17-9-20-43-34(50)14-23-55-29-39(30-56-24-15-35(51)44-21-10-18-41,31-57-25-16-36(52)45-22-11-19-42)46-37(53)12-7-5-3-1-2-4-6-8-13-38(54)47-27-33(49)26-32(47)28-48/h32-33,48-49H,1-31,40-42H2,(H,43,50)(H,44,51)(H,45,52)(H,46,53)/t32-,33+/m0/s1. The van der Waals surface area contributed by atoms with Crippen molar-refractivity contribution >= 4 is 29.5 Å². The topological polar surface area (TPSA) is 283 Å². The highest BCUT2D eigenvalue weighted by atomic mass is 16.5. The smallest absolute Gasteiger partial charge is 0.222 e. The Morgan fingerprint density at radius 3 is 1.39 bits per heavy atom. The minimum Gasteiger partial charge on any atom is -0.394 e. The molecule has 1 saturated heterocycles. The summed E-state index contributed by atoms with van der Waals surface area (Å²) in [5.41, 5.74) is 15.4. The Labute approximate surface area is 339 Å². The molecule has 1 aliphatic rings. The number of nitrogens with two attached hydrogens (primary N) is 3. The highest BCUT2D eigenvalue weighted by Gasteiger charge is 2.34. The summed E-state index contributed by atoms with van der Waals surface area (Å²) < 4.78 is 17.8. The highest BCUT2D eigenvalue weighted by molar-refractivity contribution is 5.78. The van der Waals surface area contributed by atoms with Crippen molar-refractivity contribution in [3.63, 3.8) is 0 Å². The van der Waals surface area contributed by atoms with Crippen LogP contribution in [-0.4, -0.2) is 154 Å². The Bertz CT molecular complexity index is 1030. The molecule has 18 heteroatoms. The Hall–Kier alpha value is -2.97. The lowest BCUT2D eigenvalue weighted by Crippen LogP contribution is -2.58. The van der Waals surface area contributed by atoms with Gasteiger partial charge < -0.3 is 67.8 Å². The molecule has 0 aromatic rings. The van der Waals surface area contributed by atoms with Crippen LogP contribution in [0.15, 0.2) is 0 Å². The highest BCUT2D eigenvalue weighted by Crippen LogP contribution is 2.20. The molecule has 0 unspecified atom stereocenters. The first kappa shape index (κ1) is 52.0. The fourth-order valence-corrected chi connectivity index (χ4v) is 6.28. The molecular weight excluding hydrogens is 740 g/mol. The van der Waals surface area contributed by atoms with Gasteiger partial charge in [0.25, 0.3) is 0 Å². The summed E-state index contributed by atoms with van der Waals surface area (Å²) in [7, 11) is 0. The van der Waals surface area contributed by atoms with Gasteiger partial charge in [0.05, 0.1) is 58.4 Å². The number of amides is 5. The molecular formula is C39H76N8O10. The molecule has 57 heavy (non-hydrogen) atoms. The lowest BCUT2D eigenvalue weighted by atomic mass is 10.0. The minimum atomic E-state index is -1.16. The molecule has 0 spiro atoms. The normalized spacial score (nSPS) is 15.4. The fraction of sp³-hybridized carbons (Fsp3) is 0.872. The molecule has 0 aliphatic carbocycles. The molecule has 18 nitrogen and oxygen atoms in total. The van der Waals surface area contributed by atoms with Gasteiger partial charge in [-0.15, -0.1) is 0 Å². The third kappa shape index (κ3) is 26.6. The number of carbonyl (C=O) groups excluding carboxylic acids is 5. The van der Waals surface area contributed by atoms with Crippen molar-refractivity contribution in [1.29, 1.82) is 0 Å². The van der Waals surface area contributed by atoms with E-state index in [1.54, 1.807) is 4.90 Å². The van der Waals surface area contributed by atoms with Gasteiger partial charge in [0.1, 0.15) is 5.54 Å². The number of rotatable bonds is 37. The van der Waals surface area contributed by atoms with Crippen molar-refractivity contribution in [3.8, 4) is 0 Å². The number of ether oxygens (including phenoxy) is 3. The quantitative estimate of drug-likeness (QED) is 0.0352. The van der Waals surface area contributed by atoms with Crippen LogP contribution in [0.25, 0.3) is 0 Å². The van der Waals surface area contributed by atoms with Crippen LogP contribution >= 0.6 is 0 Å². The maximum absolute atomic E-state index is 13.4. The van der Waals surface area contributed by atoms with Crippen molar-refractivity contribution < 1.29 is 48.4 Å². The van der Waals surface area contributed by atoms with Crippen molar-refractivity contribution in [2.24, 2.45) is 17.2 Å². The summed E-state index contributed by atoms with van der Waals surface area (Å²) in [6.07, 6.45) is 10.1. The van der Waals surface area contributed by atoms with Crippen LogP contribution in [0.4, 0.5) is 0 Å². The molecule has 1 aliphatic heterocycles. The average molecular weight is 817 g/mol. The van der Waals surface area contributed by atoms with Crippen LogP contribution in [0.3, 0.4) is 0 Å². The van der Waals surface area contributed by atoms with Gasteiger partial charge in [0, 0.05) is 58.3 Å². The van der Waals surface area contributed by atoms with Crippen molar-refractivity contribution in [1.82, 2.24) is 26.2 Å². The van der Waals surface area contributed by atoms with E-state index in [1.165, 1.54) is 0 Å². The van der Waals surface area contributed by atoms with Crippen LogP contribution < -0.4 is 38.5 Å². The van der Waals surface area contributed by atoms with E-state index in [0.717, 1.165) is 44.9 Å². The van der Waals surface area contributed by atoms with E-state index >= 15 is 0 Å². The van der Waals surface area contributed by atoms with E-state index in [9.17, 15) is 34.2 Å². The summed E-state index contributed by atoms with van der Waals surface area (Å²) in [6.45, 7) is 3.13. The Morgan fingerprint density at radius 2 is 0.982 bits per heavy atom. The van der Waals surface area contributed by atoms with E-state index in [0.29, 0.717) is 84.3 Å². The second-order valence-corrected chi connectivity index (χ2v) is 14.8. The minimum absolute atomic E-state index is 0.0121. The van der Waals surface area contributed by atoms with Crippen molar-refractivity contribution in [2.45, 2.75) is 127 Å². The molecule has 0 radical (unpaired) electrons. The second-order valence-electron chi connectivity index (χ2n) is 14.8. The third-order valence-electron chi connectivity index (χ3n) is 9.54. The molecule has 332 valence electrons. The number of unbranched alkanes of at least 4 members (excludes halogenated alkanes) is 7. The zero-order chi connectivity index (χ0) is 42.0. The number of hydrogen-bond donors (Lipinski definition) is 9. The summed E-state index contributed by atoms with van der Waals surface area (Å²) >= 11 is 0. The van der Waals surface area contributed by atoms with Crippen molar-refractivity contribution in [3.05, 3.63) is 0 Å². The first-order valence-corrected chi connectivity index (χ1v) is 21.1. The number of β-amino-alcohol motifs (C(OH)–C–C–N with tert-alkyl or cyclic N) is 1. The molecule has 2 atom stereocenters. The molecule has 1 heterocycles. The van der Waals surface area contributed by atoms with Gasteiger partial charge in [-0.1, -0.05) is 38.5 Å². The van der Waals surface area contributed by atoms with Crippen LogP contribution in [0.2, 0.25) is 0 Å². The number of hydrogen-bond acceptors (Lipinski definition) is 13. The lowest BCUT2D eigenvalue weighted by Gasteiger charge is -2.34. The zero-order valence-corrected chi connectivity index (χ0v) is 34.4. The van der Waals surface area contributed by atoms with E-state index in [-0.39, 0.29) is 108 Å². The number of carbonyl (C=O) groups is 5. The molecule has 5 amide bonds. The number of nitrogens with zero attached hydrogens (tertiary/aromatic N) is 1. The van der Waals surface area contributed by atoms with Gasteiger partial charge >= 0.3 is 0 Å².